The Balaban J connectivity index is 2.31. The molecule has 1 unspecified atom stereocenters. The number of alkyl carbamates (subject to hydrolysis) is 1. The Hall–Kier alpha value is -3.34. The van der Waals surface area contributed by atoms with Gasteiger partial charge < -0.3 is 10.1 Å². The van der Waals surface area contributed by atoms with E-state index < -0.39 is 39.6 Å². The molecule has 0 fully saturated rings. The fourth-order valence-electron chi connectivity index (χ4n) is 3.41. The van der Waals surface area contributed by atoms with E-state index >= 15 is 0 Å². The number of sulfone groups is 1. The zero-order valence-electron chi connectivity index (χ0n) is 19.3. The van der Waals surface area contributed by atoms with Crippen molar-refractivity contribution in [1.29, 1.82) is 0 Å². The lowest BCUT2D eigenvalue weighted by molar-refractivity contribution is 0.0505. The number of hydrogen-bond acceptors (Lipinski definition) is 6. The van der Waals surface area contributed by atoms with Crippen molar-refractivity contribution in [3.8, 4) is 5.69 Å². The smallest absolute Gasteiger partial charge is 0.408 e. The highest BCUT2D eigenvalue weighted by molar-refractivity contribution is 7.91. The van der Waals surface area contributed by atoms with E-state index in [1.807, 2.05) is 0 Å². The summed E-state index contributed by atoms with van der Waals surface area (Å²) in [7, 11) is -3.81. The van der Waals surface area contributed by atoms with Gasteiger partial charge in [-0.3, -0.25) is 9.36 Å². The minimum absolute atomic E-state index is 0.0143. The summed E-state index contributed by atoms with van der Waals surface area (Å²) >= 11 is 0. The minimum atomic E-state index is -3.81. The van der Waals surface area contributed by atoms with Crippen LogP contribution in [-0.4, -0.2) is 35.9 Å². The number of rotatable bonds is 5. The molecule has 1 aromatic heterocycles. The van der Waals surface area contributed by atoms with Crippen molar-refractivity contribution >= 4 is 26.8 Å². The molecule has 3 rings (SSSR count). The maximum Gasteiger partial charge on any atom is 0.408 e. The molecule has 182 valence electrons. The van der Waals surface area contributed by atoms with Crippen LogP contribution < -0.4 is 10.9 Å². The summed E-state index contributed by atoms with van der Waals surface area (Å²) in [5.74, 6) is 0.0143. The Bertz CT molecular complexity index is 1410. The van der Waals surface area contributed by atoms with Crippen molar-refractivity contribution < 1.29 is 26.7 Å². The van der Waals surface area contributed by atoms with Crippen molar-refractivity contribution in [1.82, 2.24) is 14.9 Å². The Morgan fingerprint density at radius 3 is 2.38 bits per heavy atom. The molecule has 1 heterocycles. The van der Waals surface area contributed by atoms with Gasteiger partial charge in [0.2, 0.25) is 0 Å². The van der Waals surface area contributed by atoms with E-state index in [2.05, 4.69) is 10.3 Å². The number of carbonyl (C=O) groups excluding carboxylic acids is 1. The summed E-state index contributed by atoms with van der Waals surface area (Å²) in [5.41, 5.74) is -1.75. The molecule has 0 saturated carbocycles. The zero-order chi connectivity index (χ0) is 25.4. The highest BCUT2D eigenvalue weighted by Crippen LogP contribution is 2.25. The van der Waals surface area contributed by atoms with Crippen molar-refractivity contribution in [3.05, 3.63) is 64.2 Å². The number of benzene rings is 2. The molecule has 11 heteroatoms. The zero-order valence-corrected chi connectivity index (χ0v) is 20.1. The number of ether oxygens (including phenoxy) is 1. The SMILES string of the molecule is CC(NC(=O)OC(C)(C)C)c1nc2cccc(S(C)(=O)=O)c2c(=O)n1-c1cccc(C(F)F)c1. The third kappa shape index (κ3) is 5.41. The number of nitrogens with one attached hydrogen (secondary N) is 1. The first kappa shape index (κ1) is 25.3. The minimum Gasteiger partial charge on any atom is -0.444 e. The van der Waals surface area contributed by atoms with E-state index in [1.165, 1.54) is 36.4 Å². The Morgan fingerprint density at radius 1 is 1.15 bits per heavy atom. The van der Waals surface area contributed by atoms with Gasteiger partial charge in [0.05, 0.1) is 27.5 Å². The van der Waals surface area contributed by atoms with Gasteiger partial charge in [-0.15, -0.1) is 0 Å². The Kier molecular flexibility index (Phi) is 6.79. The Morgan fingerprint density at radius 2 is 1.79 bits per heavy atom. The number of halogens is 2. The normalized spacial score (nSPS) is 13.2. The Labute approximate surface area is 195 Å². The van der Waals surface area contributed by atoms with E-state index in [-0.39, 0.29) is 32.9 Å². The molecule has 0 aliphatic carbocycles. The predicted molar refractivity (Wildman–Crippen MR) is 123 cm³/mol. The van der Waals surface area contributed by atoms with Gasteiger partial charge in [0, 0.05) is 11.8 Å². The average Bonchev–Trinajstić information content (AvgIpc) is 2.71. The molecule has 34 heavy (non-hydrogen) atoms. The van der Waals surface area contributed by atoms with E-state index in [4.69, 9.17) is 4.74 Å². The van der Waals surface area contributed by atoms with Crippen LogP contribution in [-0.2, 0) is 14.6 Å². The third-order valence-electron chi connectivity index (χ3n) is 4.79. The second kappa shape index (κ2) is 9.13. The largest absolute Gasteiger partial charge is 0.444 e. The molecule has 3 aromatic rings. The molecular weight excluding hydrogens is 468 g/mol. The van der Waals surface area contributed by atoms with Crippen molar-refractivity contribution in [2.75, 3.05) is 6.26 Å². The van der Waals surface area contributed by atoms with E-state index in [0.717, 1.165) is 16.9 Å². The molecule has 0 aliphatic heterocycles. The maximum absolute atomic E-state index is 13.6. The lowest BCUT2D eigenvalue weighted by Crippen LogP contribution is -2.37. The van der Waals surface area contributed by atoms with Crippen molar-refractivity contribution in [2.24, 2.45) is 0 Å². The first-order chi connectivity index (χ1) is 15.7. The highest BCUT2D eigenvalue weighted by Gasteiger charge is 2.25. The topological polar surface area (TPSA) is 107 Å². The lowest BCUT2D eigenvalue weighted by Gasteiger charge is -2.23. The van der Waals surface area contributed by atoms with Gasteiger partial charge in [-0.05, 0) is 52.0 Å². The molecule has 1 atom stereocenters. The van der Waals surface area contributed by atoms with Crippen molar-refractivity contribution in [2.45, 2.75) is 50.7 Å². The molecule has 0 saturated heterocycles. The summed E-state index contributed by atoms with van der Waals surface area (Å²) in [6, 6.07) is 8.40. The van der Waals surface area contributed by atoms with Gasteiger partial charge in [-0.25, -0.2) is 27.0 Å². The second-order valence-electron chi connectivity index (χ2n) is 8.80. The maximum atomic E-state index is 13.6. The average molecular weight is 494 g/mol. The van der Waals surface area contributed by atoms with Gasteiger partial charge in [-0.1, -0.05) is 18.2 Å². The molecule has 1 amide bonds. The summed E-state index contributed by atoms with van der Waals surface area (Å²) < 4.78 is 57.7. The van der Waals surface area contributed by atoms with Crippen LogP contribution in [0.5, 0.6) is 0 Å². The molecule has 0 spiro atoms. The number of fused-ring (bicyclic) bond motifs is 1. The van der Waals surface area contributed by atoms with Gasteiger partial charge in [0.15, 0.2) is 9.84 Å². The standard InChI is InChI=1S/C23H25F2N3O5S/c1-13(26-22(30)33-23(2,3)4)20-27-16-10-7-11-17(34(5,31)32)18(16)21(29)28(20)15-9-6-8-14(12-15)19(24)25/h6-13,19H,1-5H3,(H,26,30). The number of amides is 1. The van der Waals surface area contributed by atoms with Crippen LogP contribution in [0.3, 0.4) is 0 Å². The molecular formula is C23H25F2N3O5S. The van der Waals surface area contributed by atoms with E-state index in [9.17, 15) is 26.8 Å². The van der Waals surface area contributed by atoms with Gasteiger partial charge in [0.25, 0.3) is 12.0 Å². The van der Waals surface area contributed by atoms with E-state index in [1.54, 1.807) is 27.7 Å². The summed E-state index contributed by atoms with van der Waals surface area (Å²) in [4.78, 5) is 30.2. The predicted octanol–water partition coefficient (Wildman–Crippen LogP) is 4.31. The van der Waals surface area contributed by atoms with Crippen molar-refractivity contribution in [3.63, 3.8) is 0 Å². The molecule has 1 N–H and O–H groups in total. The van der Waals surface area contributed by atoms with Crippen LogP contribution in [0.25, 0.3) is 16.6 Å². The highest BCUT2D eigenvalue weighted by atomic mass is 32.2. The van der Waals surface area contributed by atoms with Crippen LogP contribution in [0.2, 0.25) is 0 Å². The summed E-state index contributed by atoms with van der Waals surface area (Å²) in [6.45, 7) is 6.60. The third-order valence-corrected chi connectivity index (χ3v) is 5.92. The van der Waals surface area contributed by atoms with Gasteiger partial charge in [-0.2, -0.15) is 0 Å². The second-order valence-corrected chi connectivity index (χ2v) is 10.8. The number of aromatic nitrogens is 2. The lowest BCUT2D eigenvalue weighted by atomic mass is 10.1. The fraction of sp³-hybridized carbons (Fsp3) is 0.348. The van der Waals surface area contributed by atoms with E-state index in [0.29, 0.717) is 0 Å². The number of nitrogens with zero attached hydrogens (tertiary/aromatic N) is 2. The summed E-state index contributed by atoms with van der Waals surface area (Å²) in [5, 5.41) is 2.41. The molecule has 0 aliphatic rings. The quantitative estimate of drug-likeness (QED) is 0.568. The van der Waals surface area contributed by atoms with Crippen LogP contribution in [0.15, 0.2) is 52.2 Å². The van der Waals surface area contributed by atoms with Crippen LogP contribution in [0, 0.1) is 0 Å². The molecule has 8 nitrogen and oxygen atoms in total. The van der Waals surface area contributed by atoms with Gasteiger partial charge in [0.1, 0.15) is 11.4 Å². The fourth-order valence-corrected chi connectivity index (χ4v) is 4.30. The number of hydrogen-bond donors (Lipinski definition) is 1. The number of alkyl halides is 2. The first-order valence-electron chi connectivity index (χ1n) is 10.3. The molecule has 0 bridgehead atoms. The summed E-state index contributed by atoms with van der Waals surface area (Å²) in [6.07, 6.45) is -2.60. The first-order valence-corrected chi connectivity index (χ1v) is 12.2. The van der Waals surface area contributed by atoms with Gasteiger partial charge >= 0.3 is 6.09 Å². The van der Waals surface area contributed by atoms with Crippen LogP contribution in [0.1, 0.15) is 51.6 Å². The molecule has 0 radical (unpaired) electrons. The number of carbonyl (C=O) groups is 1. The molecule has 2 aromatic carbocycles. The monoisotopic (exact) mass is 493 g/mol. The van der Waals surface area contributed by atoms with Crippen LogP contribution in [0.4, 0.5) is 13.6 Å². The van der Waals surface area contributed by atoms with Crippen LogP contribution >= 0.6 is 0 Å².